The molecule has 0 saturated carbocycles. The highest BCUT2D eigenvalue weighted by molar-refractivity contribution is 6.05. The van der Waals surface area contributed by atoms with Crippen LogP contribution in [-0.2, 0) is 0 Å². The Hall–Kier alpha value is -1.95. The van der Waals surface area contributed by atoms with Crippen molar-refractivity contribution in [1.82, 2.24) is 25.0 Å². The Kier molecular flexibility index (Phi) is 5.37. The highest BCUT2D eigenvalue weighted by Gasteiger charge is 2.19. The van der Waals surface area contributed by atoms with E-state index in [9.17, 15) is 4.79 Å². The van der Waals surface area contributed by atoms with E-state index in [-0.39, 0.29) is 11.9 Å². The van der Waals surface area contributed by atoms with Crippen molar-refractivity contribution in [1.29, 1.82) is 0 Å². The molecule has 6 heteroatoms. The van der Waals surface area contributed by atoms with Crippen LogP contribution in [-0.4, -0.2) is 51.2 Å². The molecule has 1 unspecified atom stereocenters. The van der Waals surface area contributed by atoms with E-state index in [0.29, 0.717) is 18.2 Å². The summed E-state index contributed by atoms with van der Waals surface area (Å²) < 4.78 is 1.87. The summed E-state index contributed by atoms with van der Waals surface area (Å²) in [6.45, 7) is 11.0. The maximum absolute atomic E-state index is 12.7. The van der Waals surface area contributed by atoms with Crippen LogP contribution in [0.4, 0.5) is 0 Å². The first kappa shape index (κ1) is 17.9. The van der Waals surface area contributed by atoms with Crippen molar-refractivity contribution >= 4 is 16.9 Å². The minimum Gasteiger partial charge on any atom is -0.351 e. The van der Waals surface area contributed by atoms with Gasteiger partial charge in [0.1, 0.15) is 0 Å². The molecular weight excluding hydrogens is 314 g/mol. The molecule has 1 atom stereocenters. The molecule has 0 radical (unpaired) electrons. The largest absolute Gasteiger partial charge is 0.351 e. The van der Waals surface area contributed by atoms with E-state index in [2.05, 4.69) is 41.1 Å². The first-order valence-electron chi connectivity index (χ1n) is 9.34. The molecule has 0 bridgehead atoms. The van der Waals surface area contributed by atoms with Crippen LogP contribution in [0.15, 0.2) is 12.3 Å². The zero-order chi connectivity index (χ0) is 18.0. The molecule has 0 aromatic carbocycles. The van der Waals surface area contributed by atoms with Gasteiger partial charge in [0.2, 0.25) is 0 Å². The Balaban J connectivity index is 1.71. The third kappa shape index (κ3) is 3.84. The van der Waals surface area contributed by atoms with Gasteiger partial charge in [-0.2, -0.15) is 5.10 Å². The molecule has 2 aromatic rings. The molecule has 136 valence electrons. The average molecular weight is 343 g/mol. The molecular formula is C19H29N5O. The van der Waals surface area contributed by atoms with E-state index in [1.165, 1.54) is 19.3 Å². The van der Waals surface area contributed by atoms with Crippen LogP contribution in [0, 0.1) is 6.92 Å². The third-order valence-corrected chi connectivity index (χ3v) is 5.05. The van der Waals surface area contributed by atoms with Crippen molar-refractivity contribution in [2.45, 2.75) is 59.0 Å². The lowest BCUT2D eigenvalue weighted by Gasteiger charge is -2.33. The fourth-order valence-corrected chi connectivity index (χ4v) is 3.61. The van der Waals surface area contributed by atoms with Gasteiger partial charge < -0.3 is 5.32 Å². The number of piperidine rings is 1. The molecule has 3 rings (SSSR count). The van der Waals surface area contributed by atoms with E-state index in [4.69, 9.17) is 0 Å². The second-order valence-corrected chi connectivity index (χ2v) is 7.37. The number of aryl methyl sites for hydroxylation is 1. The number of amides is 1. The number of carbonyl (C=O) groups excluding carboxylic acids is 1. The van der Waals surface area contributed by atoms with E-state index >= 15 is 0 Å². The molecule has 25 heavy (non-hydrogen) atoms. The van der Waals surface area contributed by atoms with Gasteiger partial charge in [0.25, 0.3) is 5.91 Å². The lowest BCUT2D eigenvalue weighted by Crippen LogP contribution is -2.42. The zero-order valence-corrected chi connectivity index (χ0v) is 15.7. The third-order valence-electron chi connectivity index (χ3n) is 5.05. The molecule has 6 nitrogen and oxygen atoms in total. The maximum atomic E-state index is 12.7. The standard InChI is InChI=1S/C19H29N5O/c1-13(2)24-18-17(12-21-24)16(11-14(3)22-18)19(25)20-8-10-23-9-6-5-7-15(23)4/h11-13,15H,5-10H2,1-4H3,(H,20,25). The Morgan fingerprint density at radius 1 is 1.40 bits per heavy atom. The molecule has 1 N–H and O–H groups in total. The monoisotopic (exact) mass is 343 g/mol. The molecule has 2 aromatic heterocycles. The lowest BCUT2D eigenvalue weighted by molar-refractivity contribution is 0.0940. The van der Waals surface area contributed by atoms with Gasteiger partial charge in [0, 0.05) is 30.9 Å². The summed E-state index contributed by atoms with van der Waals surface area (Å²) in [5.41, 5.74) is 2.29. The van der Waals surface area contributed by atoms with E-state index in [0.717, 1.165) is 29.8 Å². The van der Waals surface area contributed by atoms with Gasteiger partial charge in [0.15, 0.2) is 5.65 Å². The first-order valence-corrected chi connectivity index (χ1v) is 9.34. The number of rotatable bonds is 5. The van der Waals surface area contributed by atoms with Gasteiger partial charge >= 0.3 is 0 Å². The van der Waals surface area contributed by atoms with Crippen LogP contribution in [0.1, 0.15) is 62.1 Å². The van der Waals surface area contributed by atoms with Crippen LogP contribution in [0.25, 0.3) is 11.0 Å². The molecule has 1 aliphatic rings. The minimum atomic E-state index is -0.0385. The van der Waals surface area contributed by atoms with Crippen molar-refractivity contribution in [3.63, 3.8) is 0 Å². The summed E-state index contributed by atoms with van der Waals surface area (Å²) in [5, 5.41) is 8.31. The second kappa shape index (κ2) is 7.52. The molecule has 0 aliphatic carbocycles. The van der Waals surface area contributed by atoms with Crippen LogP contribution >= 0.6 is 0 Å². The predicted octanol–water partition coefficient (Wildman–Crippen LogP) is 2.92. The van der Waals surface area contributed by atoms with Crippen LogP contribution in [0.2, 0.25) is 0 Å². The van der Waals surface area contributed by atoms with Gasteiger partial charge in [-0.15, -0.1) is 0 Å². The molecule has 1 amide bonds. The predicted molar refractivity (Wildman–Crippen MR) is 99.9 cm³/mol. The molecule has 1 aliphatic heterocycles. The van der Waals surface area contributed by atoms with Gasteiger partial charge in [-0.1, -0.05) is 6.42 Å². The number of nitrogens with one attached hydrogen (secondary N) is 1. The number of hydrogen-bond acceptors (Lipinski definition) is 4. The highest BCUT2D eigenvalue weighted by atomic mass is 16.1. The van der Waals surface area contributed by atoms with E-state index in [1.807, 2.05) is 17.7 Å². The molecule has 1 fully saturated rings. The fraction of sp³-hybridized carbons (Fsp3) is 0.632. The Morgan fingerprint density at radius 3 is 2.92 bits per heavy atom. The number of aromatic nitrogens is 3. The van der Waals surface area contributed by atoms with Crippen LogP contribution in [0.3, 0.4) is 0 Å². The number of fused-ring (bicyclic) bond motifs is 1. The van der Waals surface area contributed by atoms with Crippen molar-refractivity contribution in [2.24, 2.45) is 0 Å². The van der Waals surface area contributed by atoms with Crippen LogP contribution in [0.5, 0.6) is 0 Å². The smallest absolute Gasteiger partial charge is 0.252 e. The first-order chi connectivity index (χ1) is 12.0. The van der Waals surface area contributed by atoms with Crippen molar-refractivity contribution in [3.05, 3.63) is 23.5 Å². The number of likely N-dealkylation sites (tertiary alicyclic amines) is 1. The topological polar surface area (TPSA) is 63.1 Å². The summed E-state index contributed by atoms with van der Waals surface area (Å²) in [6.07, 6.45) is 5.59. The number of nitrogens with zero attached hydrogens (tertiary/aromatic N) is 4. The summed E-state index contributed by atoms with van der Waals surface area (Å²) >= 11 is 0. The normalized spacial score (nSPS) is 18.8. The number of carbonyl (C=O) groups is 1. The summed E-state index contributed by atoms with van der Waals surface area (Å²) in [4.78, 5) is 19.8. The van der Waals surface area contributed by atoms with Gasteiger partial charge in [-0.05, 0) is 53.1 Å². The van der Waals surface area contributed by atoms with Crippen molar-refractivity contribution in [2.75, 3.05) is 19.6 Å². The maximum Gasteiger partial charge on any atom is 0.252 e. The van der Waals surface area contributed by atoms with E-state index < -0.39 is 0 Å². The van der Waals surface area contributed by atoms with Gasteiger partial charge in [-0.25, -0.2) is 9.67 Å². The molecule has 0 spiro atoms. The lowest BCUT2D eigenvalue weighted by atomic mass is 10.0. The SMILES string of the molecule is Cc1cc(C(=O)NCCN2CCCCC2C)c2cnn(C(C)C)c2n1. The quantitative estimate of drug-likeness (QED) is 0.907. The zero-order valence-electron chi connectivity index (χ0n) is 15.7. The van der Waals surface area contributed by atoms with Gasteiger partial charge in [0.05, 0.1) is 17.1 Å². The van der Waals surface area contributed by atoms with Gasteiger partial charge in [-0.3, -0.25) is 9.69 Å². The summed E-state index contributed by atoms with van der Waals surface area (Å²) in [5.74, 6) is -0.0385. The van der Waals surface area contributed by atoms with Crippen molar-refractivity contribution in [3.8, 4) is 0 Å². The second-order valence-electron chi connectivity index (χ2n) is 7.37. The Bertz CT molecular complexity index is 752. The fourth-order valence-electron chi connectivity index (χ4n) is 3.61. The Morgan fingerprint density at radius 2 is 2.20 bits per heavy atom. The Labute approximate surface area is 149 Å². The molecule has 1 saturated heterocycles. The number of hydrogen-bond donors (Lipinski definition) is 1. The van der Waals surface area contributed by atoms with Crippen molar-refractivity contribution < 1.29 is 4.79 Å². The number of pyridine rings is 1. The minimum absolute atomic E-state index is 0.0385. The molecule has 3 heterocycles. The highest BCUT2D eigenvalue weighted by Crippen LogP contribution is 2.21. The van der Waals surface area contributed by atoms with Crippen LogP contribution < -0.4 is 5.32 Å². The summed E-state index contributed by atoms with van der Waals surface area (Å²) in [6, 6.07) is 2.68. The van der Waals surface area contributed by atoms with E-state index in [1.54, 1.807) is 6.20 Å². The average Bonchev–Trinajstić information content (AvgIpc) is 2.99. The summed E-state index contributed by atoms with van der Waals surface area (Å²) in [7, 11) is 0.